The van der Waals surface area contributed by atoms with Crippen LogP contribution in [0.2, 0.25) is 0 Å². The molecule has 8 heteroatoms. The van der Waals surface area contributed by atoms with Gasteiger partial charge in [-0.05, 0) is 36.1 Å². The first-order valence-electron chi connectivity index (χ1n) is 8.21. The summed E-state index contributed by atoms with van der Waals surface area (Å²) in [6.45, 7) is 0.455. The first-order chi connectivity index (χ1) is 12.4. The van der Waals surface area contributed by atoms with Gasteiger partial charge >= 0.3 is 6.03 Å². The van der Waals surface area contributed by atoms with Crippen molar-refractivity contribution in [3.8, 4) is 11.1 Å². The molecule has 1 aromatic heterocycles. The second-order valence-electron chi connectivity index (χ2n) is 6.76. The topological polar surface area (TPSA) is 97.6 Å². The molecule has 1 spiro atoms. The lowest BCUT2D eigenvalue weighted by molar-refractivity contribution is 0.192. The number of fused-ring (bicyclic) bond motifs is 2. The molecule has 2 heterocycles. The van der Waals surface area contributed by atoms with Gasteiger partial charge in [0.25, 0.3) is 0 Å². The lowest BCUT2D eigenvalue weighted by Crippen LogP contribution is -2.42. The Morgan fingerprint density at radius 2 is 1.89 bits per heavy atom. The highest BCUT2D eigenvalue weighted by Crippen LogP contribution is 2.54. The summed E-state index contributed by atoms with van der Waals surface area (Å²) in [5.41, 5.74) is 12.2. The Kier molecular flexibility index (Phi) is 4.59. The molecular weight excluding hydrogens is 352 g/mol. The van der Waals surface area contributed by atoms with Crippen molar-refractivity contribution in [2.24, 2.45) is 16.5 Å². The number of rotatable bonds is 1. The third-order valence-electron chi connectivity index (χ3n) is 5.05. The number of urea groups is 1. The zero-order valence-corrected chi connectivity index (χ0v) is 13.9. The molecule has 0 saturated heterocycles. The number of pyridine rings is 1. The summed E-state index contributed by atoms with van der Waals surface area (Å²) in [6.07, 6.45) is 4.10. The standard InChI is InChI=1S/C18H17F2N5O.CH4/c19-13-2-1-10(11-3-6-23-7-14(11)20)12-8-25(17(26)24-16(21)22)9-18(4-5-18)15(12)13;/h1-3,6-7H,4-5,8-9H2,(H4,21,22,24,26);1H4. The van der Waals surface area contributed by atoms with Crippen LogP contribution in [-0.2, 0) is 12.0 Å². The lowest BCUT2D eigenvalue weighted by atomic mass is 9.82. The normalized spacial score (nSPS) is 16.3. The molecule has 0 radical (unpaired) electrons. The molecule has 0 unspecified atom stereocenters. The number of hydrogen-bond acceptors (Lipinski definition) is 2. The molecule has 1 aliphatic carbocycles. The minimum atomic E-state index is -0.577. The van der Waals surface area contributed by atoms with Gasteiger partial charge in [0, 0.05) is 35.8 Å². The largest absolute Gasteiger partial charge is 0.370 e. The van der Waals surface area contributed by atoms with Crippen molar-refractivity contribution >= 4 is 12.0 Å². The van der Waals surface area contributed by atoms with Gasteiger partial charge in [0.05, 0.1) is 6.20 Å². The van der Waals surface area contributed by atoms with E-state index in [1.165, 1.54) is 23.2 Å². The summed E-state index contributed by atoms with van der Waals surface area (Å²) in [5, 5.41) is 0. The molecule has 1 saturated carbocycles. The van der Waals surface area contributed by atoms with Crippen LogP contribution in [0.25, 0.3) is 11.1 Å². The maximum Gasteiger partial charge on any atom is 0.347 e. The van der Waals surface area contributed by atoms with E-state index in [-0.39, 0.29) is 25.7 Å². The van der Waals surface area contributed by atoms with Gasteiger partial charge in [0.2, 0.25) is 0 Å². The highest BCUT2D eigenvalue weighted by Gasteiger charge is 2.52. The van der Waals surface area contributed by atoms with Crippen LogP contribution in [0.1, 0.15) is 31.4 Å². The van der Waals surface area contributed by atoms with E-state index in [0.717, 1.165) is 19.0 Å². The fourth-order valence-electron chi connectivity index (χ4n) is 3.77. The number of benzene rings is 1. The number of nitrogens with zero attached hydrogens (tertiary/aromatic N) is 3. The first-order valence-corrected chi connectivity index (χ1v) is 8.21. The summed E-state index contributed by atoms with van der Waals surface area (Å²) < 4.78 is 29.0. The average molecular weight is 373 g/mol. The van der Waals surface area contributed by atoms with Crippen molar-refractivity contribution in [1.82, 2.24) is 9.88 Å². The zero-order valence-electron chi connectivity index (χ0n) is 13.9. The summed E-state index contributed by atoms with van der Waals surface area (Å²) in [4.78, 5) is 21.2. The molecule has 2 amide bonds. The van der Waals surface area contributed by atoms with E-state index in [1.807, 2.05) is 0 Å². The number of nitrogens with two attached hydrogens (primary N) is 2. The number of amides is 2. The Morgan fingerprint density at radius 3 is 2.52 bits per heavy atom. The Labute approximate surface area is 155 Å². The number of guanidine groups is 1. The van der Waals surface area contributed by atoms with Crippen LogP contribution < -0.4 is 11.5 Å². The SMILES string of the molecule is C.NC(N)=NC(=O)N1Cc2c(-c3ccncc3F)ccc(F)c2C2(CC2)C1. The third-order valence-corrected chi connectivity index (χ3v) is 5.05. The van der Waals surface area contributed by atoms with Gasteiger partial charge in [-0.25, -0.2) is 13.6 Å². The van der Waals surface area contributed by atoms with Crippen LogP contribution in [0.15, 0.2) is 35.6 Å². The van der Waals surface area contributed by atoms with Gasteiger partial charge in [-0.2, -0.15) is 4.99 Å². The van der Waals surface area contributed by atoms with Crippen LogP contribution >= 0.6 is 0 Å². The molecule has 0 bridgehead atoms. The molecule has 4 N–H and O–H groups in total. The Hall–Kier alpha value is -3.03. The van der Waals surface area contributed by atoms with Crippen LogP contribution in [0.3, 0.4) is 0 Å². The molecule has 4 rings (SSSR count). The maximum atomic E-state index is 14.7. The number of carbonyl (C=O) groups is 1. The minimum Gasteiger partial charge on any atom is -0.370 e. The number of carbonyl (C=O) groups excluding carboxylic acids is 1. The van der Waals surface area contributed by atoms with Gasteiger partial charge < -0.3 is 16.4 Å². The second kappa shape index (κ2) is 6.61. The number of aromatic nitrogens is 1. The smallest absolute Gasteiger partial charge is 0.347 e. The Bertz CT molecular complexity index is 936. The molecule has 6 nitrogen and oxygen atoms in total. The van der Waals surface area contributed by atoms with E-state index in [2.05, 4.69) is 9.98 Å². The van der Waals surface area contributed by atoms with Gasteiger partial charge in [-0.15, -0.1) is 0 Å². The predicted molar refractivity (Wildman–Crippen MR) is 98.8 cm³/mol. The van der Waals surface area contributed by atoms with Crippen LogP contribution in [0.4, 0.5) is 13.6 Å². The Balaban J connectivity index is 0.00000210. The molecule has 2 aliphatic rings. The summed E-state index contributed by atoms with van der Waals surface area (Å²) in [5.74, 6) is -1.16. The van der Waals surface area contributed by atoms with Gasteiger partial charge in [0.15, 0.2) is 5.96 Å². The molecule has 1 aromatic carbocycles. The summed E-state index contributed by atoms with van der Waals surface area (Å²) in [6, 6.07) is 3.87. The Morgan fingerprint density at radius 1 is 1.15 bits per heavy atom. The lowest BCUT2D eigenvalue weighted by Gasteiger charge is -2.35. The molecule has 0 atom stereocenters. The average Bonchev–Trinajstić information content (AvgIpc) is 3.34. The van der Waals surface area contributed by atoms with Crippen molar-refractivity contribution in [3.05, 3.63) is 53.4 Å². The van der Waals surface area contributed by atoms with E-state index in [0.29, 0.717) is 28.8 Å². The van der Waals surface area contributed by atoms with Crippen molar-refractivity contribution in [1.29, 1.82) is 0 Å². The third kappa shape index (κ3) is 3.11. The quantitative estimate of drug-likeness (QED) is 0.593. The summed E-state index contributed by atoms with van der Waals surface area (Å²) >= 11 is 0. The molecule has 1 aliphatic heterocycles. The van der Waals surface area contributed by atoms with Gasteiger partial charge in [-0.1, -0.05) is 13.5 Å². The van der Waals surface area contributed by atoms with Crippen molar-refractivity contribution in [2.75, 3.05) is 6.54 Å². The molecular formula is C19H21F2N5O. The second-order valence-corrected chi connectivity index (χ2v) is 6.76. The van der Waals surface area contributed by atoms with E-state index in [4.69, 9.17) is 11.5 Å². The predicted octanol–water partition coefficient (Wildman–Crippen LogP) is 2.90. The van der Waals surface area contributed by atoms with E-state index < -0.39 is 17.3 Å². The highest BCUT2D eigenvalue weighted by atomic mass is 19.1. The molecule has 1 fully saturated rings. The molecule has 2 aromatic rings. The van der Waals surface area contributed by atoms with Crippen LogP contribution in [0, 0.1) is 11.6 Å². The van der Waals surface area contributed by atoms with E-state index >= 15 is 0 Å². The molecule has 142 valence electrons. The minimum absolute atomic E-state index is 0. The van der Waals surface area contributed by atoms with Crippen molar-refractivity contribution < 1.29 is 13.6 Å². The number of halogens is 2. The van der Waals surface area contributed by atoms with Crippen LogP contribution in [-0.4, -0.2) is 28.4 Å². The van der Waals surface area contributed by atoms with E-state index in [1.54, 1.807) is 6.07 Å². The fraction of sp³-hybridized carbons (Fsp3) is 0.316. The number of aliphatic imine (C=N–C) groups is 1. The highest BCUT2D eigenvalue weighted by molar-refractivity contribution is 5.91. The monoisotopic (exact) mass is 373 g/mol. The van der Waals surface area contributed by atoms with Gasteiger partial charge in [-0.3, -0.25) is 4.98 Å². The van der Waals surface area contributed by atoms with Crippen molar-refractivity contribution in [3.63, 3.8) is 0 Å². The fourth-order valence-corrected chi connectivity index (χ4v) is 3.77. The maximum absolute atomic E-state index is 14.7. The van der Waals surface area contributed by atoms with Gasteiger partial charge in [0.1, 0.15) is 11.6 Å². The summed E-state index contributed by atoms with van der Waals surface area (Å²) in [7, 11) is 0. The molecule has 27 heavy (non-hydrogen) atoms. The van der Waals surface area contributed by atoms with Crippen LogP contribution in [0.5, 0.6) is 0 Å². The van der Waals surface area contributed by atoms with Crippen molar-refractivity contribution in [2.45, 2.75) is 32.2 Å². The first kappa shape index (κ1) is 18.8. The number of hydrogen-bond donors (Lipinski definition) is 2. The van der Waals surface area contributed by atoms with E-state index in [9.17, 15) is 13.6 Å². The zero-order chi connectivity index (χ0) is 18.5.